The van der Waals surface area contributed by atoms with Gasteiger partial charge in [-0.2, -0.15) is 0 Å². The third kappa shape index (κ3) is 4.72. The molecule has 2 aromatic carbocycles. The minimum Gasteiger partial charge on any atom is -0.493 e. The molecule has 0 aliphatic rings. The molecule has 0 bridgehead atoms. The molecular formula is C16H16F3NO5S. The number of ether oxygens (including phenoxy) is 3. The summed E-state index contributed by atoms with van der Waals surface area (Å²) >= 11 is 0. The van der Waals surface area contributed by atoms with E-state index in [2.05, 4.69) is 9.46 Å². The fourth-order valence-corrected chi connectivity index (χ4v) is 3.29. The summed E-state index contributed by atoms with van der Waals surface area (Å²) in [4.78, 5) is -0.381. The van der Waals surface area contributed by atoms with E-state index in [1.807, 2.05) is 0 Å². The van der Waals surface area contributed by atoms with Crippen LogP contribution in [0, 0.1) is 6.92 Å². The van der Waals surface area contributed by atoms with Gasteiger partial charge in [-0.1, -0.05) is 6.07 Å². The van der Waals surface area contributed by atoms with Crippen molar-refractivity contribution in [2.45, 2.75) is 18.2 Å². The van der Waals surface area contributed by atoms with Crippen LogP contribution >= 0.6 is 0 Å². The molecule has 142 valence electrons. The average Bonchev–Trinajstić information content (AvgIpc) is 2.54. The van der Waals surface area contributed by atoms with Crippen LogP contribution in [0.4, 0.5) is 18.9 Å². The number of benzene rings is 2. The summed E-state index contributed by atoms with van der Waals surface area (Å²) in [7, 11) is -1.32. The first-order valence-corrected chi connectivity index (χ1v) is 8.65. The Morgan fingerprint density at radius 1 is 1.00 bits per heavy atom. The monoisotopic (exact) mass is 391 g/mol. The molecule has 0 aliphatic heterocycles. The van der Waals surface area contributed by atoms with E-state index < -0.39 is 22.1 Å². The van der Waals surface area contributed by atoms with Gasteiger partial charge >= 0.3 is 6.36 Å². The molecule has 1 N–H and O–H groups in total. The van der Waals surface area contributed by atoms with Gasteiger partial charge in [0.1, 0.15) is 5.75 Å². The van der Waals surface area contributed by atoms with E-state index in [0.717, 1.165) is 24.3 Å². The molecule has 26 heavy (non-hydrogen) atoms. The summed E-state index contributed by atoms with van der Waals surface area (Å²) in [6.45, 7) is 1.64. The van der Waals surface area contributed by atoms with Gasteiger partial charge in [-0.3, -0.25) is 4.72 Å². The third-order valence-electron chi connectivity index (χ3n) is 3.32. The Bertz CT molecular complexity index is 897. The first-order valence-electron chi connectivity index (χ1n) is 7.17. The minimum absolute atomic E-state index is 0.199. The van der Waals surface area contributed by atoms with Crippen molar-refractivity contribution in [2.75, 3.05) is 18.9 Å². The number of anilines is 1. The van der Waals surface area contributed by atoms with Crippen LogP contribution in [-0.4, -0.2) is 29.0 Å². The van der Waals surface area contributed by atoms with Crippen molar-refractivity contribution in [3.05, 3.63) is 42.0 Å². The van der Waals surface area contributed by atoms with Gasteiger partial charge in [0.15, 0.2) is 11.5 Å². The Hall–Kier alpha value is -2.62. The molecule has 0 saturated carbocycles. The summed E-state index contributed by atoms with van der Waals surface area (Å²) in [6.07, 6.45) is -4.92. The van der Waals surface area contributed by atoms with Gasteiger partial charge in [-0.15, -0.1) is 13.2 Å². The molecule has 0 atom stereocenters. The molecule has 0 aromatic heterocycles. The van der Waals surface area contributed by atoms with Crippen LogP contribution in [0.25, 0.3) is 0 Å². The van der Waals surface area contributed by atoms with E-state index in [1.165, 1.54) is 20.3 Å². The molecule has 0 amide bonds. The van der Waals surface area contributed by atoms with Crippen LogP contribution in [0.2, 0.25) is 0 Å². The summed E-state index contributed by atoms with van der Waals surface area (Å²) < 4.78 is 78.3. The Morgan fingerprint density at radius 3 is 2.19 bits per heavy atom. The highest BCUT2D eigenvalue weighted by Gasteiger charge is 2.31. The van der Waals surface area contributed by atoms with E-state index in [9.17, 15) is 21.6 Å². The average molecular weight is 391 g/mol. The quantitative estimate of drug-likeness (QED) is 0.813. The second-order valence-electron chi connectivity index (χ2n) is 5.15. The molecule has 2 rings (SSSR count). The van der Waals surface area contributed by atoms with Crippen LogP contribution in [0.5, 0.6) is 17.2 Å². The van der Waals surface area contributed by atoms with Crippen LogP contribution in [-0.2, 0) is 10.0 Å². The highest BCUT2D eigenvalue weighted by atomic mass is 32.2. The van der Waals surface area contributed by atoms with Crippen molar-refractivity contribution in [3.8, 4) is 17.2 Å². The molecule has 2 aromatic rings. The molecule has 0 unspecified atom stereocenters. The Kier molecular flexibility index (Phi) is 5.55. The number of halogens is 3. The second kappa shape index (κ2) is 7.32. The zero-order valence-corrected chi connectivity index (χ0v) is 14.9. The molecule has 0 radical (unpaired) electrons. The number of methoxy groups -OCH3 is 2. The summed E-state index contributed by atoms with van der Waals surface area (Å²) in [5.74, 6) is 0.0721. The van der Waals surface area contributed by atoms with Crippen LogP contribution < -0.4 is 18.9 Å². The number of aryl methyl sites for hydroxylation is 1. The lowest BCUT2D eigenvalue weighted by atomic mass is 10.2. The first-order chi connectivity index (χ1) is 12.1. The number of sulfonamides is 1. The van der Waals surface area contributed by atoms with Gasteiger partial charge in [0.05, 0.1) is 24.8 Å². The third-order valence-corrected chi connectivity index (χ3v) is 4.69. The Labute approximate surface area is 148 Å². The number of hydrogen-bond donors (Lipinski definition) is 1. The van der Waals surface area contributed by atoms with E-state index in [1.54, 1.807) is 13.0 Å². The summed E-state index contributed by atoms with van der Waals surface area (Å²) in [5.41, 5.74) is 0.735. The zero-order valence-electron chi connectivity index (χ0n) is 14.0. The fourth-order valence-electron chi connectivity index (χ4n) is 2.13. The van der Waals surface area contributed by atoms with Crippen molar-refractivity contribution in [3.63, 3.8) is 0 Å². The molecule has 0 heterocycles. The van der Waals surface area contributed by atoms with Gasteiger partial charge in [-0.05, 0) is 30.7 Å². The zero-order chi connectivity index (χ0) is 19.5. The van der Waals surface area contributed by atoms with Gasteiger partial charge in [0.25, 0.3) is 10.0 Å². The maximum atomic E-state index is 12.5. The maximum Gasteiger partial charge on any atom is 0.573 e. The van der Waals surface area contributed by atoms with Crippen molar-refractivity contribution < 1.29 is 35.8 Å². The van der Waals surface area contributed by atoms with E-state index in [-0.39, 0.29) is 10.6 Å². The first kappa shape index (κ1) is 19.7. The second-order valence-corrected chi connectivity index (χ2v) is 6.83. The van der Waals surface area contributed by atoms with Crippen molar-refractivity contribution in [1.82, 2.24) is 0 Å². The Balaban J connectivity index is 2.36. The summed E-state index contributed by atoms with van der Waals surface area (Å²) in [5, 5.41) is 0. The maximum absolute atomic E-state index is 12.5. The molecular weight excluding hydrogens is 375 g/mol. The van der Waals surface area contributed by atoms with Crippen molar-refractivity contribution >= 4 is 15.7 Å². The highest BCUT2D eigenvalue weighted by Crippen LogP contribution is 2.34. The number of nitrogens with one attached hydrogen (secondary N) is 1. The number of rotatable bonds is 6. The lowest BCUT2D eigenvalue weighted by Gasteiger charge is -2.15. The van der Waals surface area contributed by atoms with E-state index in [0.29, 0.717) is 17.1 Å². The summed E-state index contributed by atoms with van der Waals surface area (Å²) in [6, 6.07) is 7.08. The number of alkyl halides is 3. The van der Waals surface area contributed by atoms with Crippen LogP contribution in [0.3, 0.4) is 0 Å². The van der Waals surface area contributed by atoms with Gasteiger partial charge in [-0.25, -0.2) is 8.42 Å². The van der Waals surface area contributed by atoms with Gasteiger partial charge in [0.2, 0.25) is 0 Å². The lowest BCUT2D eigenvalue weighted by Crippen LogP contribution is -2.18. The normalized spacial score (nSPS) is 11.8. The van der Waals surface area contributed by atoms with Crippen molar-refractivity contribution in [1.29, 1.82) is 0 Å². The molecule has 6 nitrogen and oxygen atoms in total. The van der Waals surface area contributed by atoms with E-state index in [4.69, 9.17) is 9.47 Å². The SMILES string of the molecule is COc1cc(C)c(NS(=O)(=O)c2cccc(OC(F)(F)F)c2)cc1OC. The molecule has 0 aliphatic carbocycles. The predicted octanol–water partition coefficient (Wildman–Crippen LogP) is 3.71. The van der Waals surface area contributed by atoms with Gasteiger partial charge in [0, 0.05) is 12.1 Å². The van der Waals surface area contributed by atoms with Gasteiger partial charge < -0.3 is 14.2 Å². The Morgan fingerprint density at radius 2 is 1.62 bits per heavy atom. The molecule has 10 heteroatoms. The molecule has 0 spiro atoms. The van der Waals surface area contributed by atoms with Crippen LogP contribution in [0.15, 0.2) is 41.3 Å². The lowest BCUT2D eigenvalue weighted by molar-refractivity contribution is -0.274. The molecule has 0 fully saturated rings. The van der Waals surface area contributed by atoms with Crippen LogP contribution in [0.1, 0.15) is 5.56 Å². The smallest absolute Gasteiger partial charge is 0.493 e. The molecule has 0 saturated heterocycles. The standard InChI is InChI=1S/C16H16F3NO5S/c1-10-7-14(23-2)15(24-3)9-13(10)20-26(21,22)12-6-4-5-11(8-12)25-16(17,18)19/h4-9,20H,1-3H3. The highest BCUT2D eigenvalue weighted by molar-refractivity contribution is 7.92. The van der Waals surface area contributed by atoms with Crippen molar-refractivity contribution in [2.24, 2.45) is 0 Å². The number of hydrogen-bond acceptors (Lipinski definition) is 5. The van der Waals surface area contributed by atoms with E-state index >= 15 is 0 Å². The fraction of sp³-hybridized carbons (Fsp3) is 0.250. The minimum atomic E-state index is -4.92. The topological polar surface area (TPSA) is 73.9 Å². The largest absolute Gasteiger partial charge is 0.573 e. The predicted molar refractivity (Wildman–Crippen MR) is 88.2 cm³/mol.